The van der Waals surface area contributed by atoms with Gasteiger partial charge in [0, 0.05) is 11.1 Å². The first kappa shape index (κ1) is 34.0. The third kappa shape index (κ3) is 10.1. The Kier molecular flexibility index (Phi) is 10.9. The average molecular weight is 574 g/mol. The van der Waals surface area contributed by atoms with Crippen molar-refractivity contribution in [3.05, 3.63) is 24.3 Å². The van der Waals surface area contributed by atoms with Crippen molar-refractivity contribution in [2.75, 3.05) is 13.2 Å². The summed E-state index contributed by atoms with van der Waals surface area (Å²) in [5.41, 5.74) is -4.86. The summed E-state index contributed by atoms with van der Waals surface area (Å²) in [6, 6.07) is 0. The van der Waals surface area contributed by atoms with Crippen molar-refractivity contribution in [2.45, 2.75) is 56.4 Å². The number of alkyl halides is 11. The molecule has 0 aliphatic heterocycles. The molecule has 0 amide bonds. The predicted molar refractivity (Wildman–Crippen MR) is 97.7 cm³/mol. The fourth-order valence-corrected chi connectivity index (χ4v) is 1.78. The van der Waals surface area contributed by atoms with Crippen molar-refractivity contribution in [1.82, 2.24) is 0 Å². The molecule has 210 valence electrons. The first-order valence-corrected chi connectivity index (χ1v) is 9.48. The summed E-state index contributed by atoms with van der Waals surface area (Å²) in [4.78, 5) is 22.1. The summed E-state index contributed by atoms with van der Waals surface area (Å²) in [6.07, 6.45) is -34.2. The van der Waals surface area contributed by atoms with Gasteiger partial charge in [0.05, 0.1) is 13.0 Å². The van der Waals surface area contributed by atoms with Gasteiger partial charge >= 0.3 is 42.5 Å². The van der Waals surface area contributed by atoms with Gasteiger partial charge in [0.1, 0.15) is 0 Å². The van der Waals surface area contributed by atoms with E-state index in [4.69, 9.17) is 0 Å². The molecule has 0 heterocycles. The number of hydrogen-bond donors (Lipinski definition) is 0. The minimum atomic E-state index is -6.91. The van der Waals surface area contributed by atoms with E-state index in [2.05, 4.69) is 32.1 Å². The molecular formula is C17H18F11O7P. The quantitative estimate of drug-likeness (QED) is 0.116. The lowest BCUT2D eigenvalue weighted by Crippen LogP contribution is -2.57. The third-order valence-electron chi connectivity index (χ3n) is 3.23. The van der Waals surface area contributed by atoms with Gasteiger partial charge in [-0.25, -0.2) is 23.5 Å². The van der Waals surface area contributed by atoms with E-state index in [1.54, 1.807) is 0 Å². The van der Waals surface area contributed by atoms with Crippen molar-refractivity contribution in [1.29, 1.82) is 0 Å². The minimum absolute atomic E-state index is 0.327. The Bertz CT molecular complexity index is 847. The second kappa shape index (κ2) is 11.6. The van der Waals surface area contributed by atoms with E-state index in [1.165, 1.54) is 0 Å². The van der Waals surface area contributed by atoms with Crippen LogP contribution in [0.2, 0.25) is 0 Å². The number of halogens is 11. The lowest BCUT2D eigenvalue weighted by Gasteiger charge is -2.34. The molecular weight excluding hydrogens is 556 g/mol. The van der Waals surface area contributed by atoms with Gasteiger partial charge in [-0.15, -0.1) is 0 Å². The highest BCUT2D eigenvalue weighted by molar-refractivity contribution is 7.18. The molecule has 0 bridgehead atoms. The van der Waals surface area contributed by atoms with E-state index in [0.717, 1.165) is 13.8 Å². The van der Waals surface area contributed by atoms with Crippen molar-refractivity contribution in [3.63, 3.8) is 0 Å². The molecule has 2 unspecified atom stereocenters. The zero-order valence-electron chi connectivity index (χ0n) is 18.1. The Hall–Kier alpha value is -2.04. The van der Waals surface area contributed by atoms with E-state index in [1.807, 2.05) is 4.74 Å². The van der Waals surface area contributed by atoms with Crippen LogP contribution in [0.3, 0.4) is 0 Å². The number of carbonyl (C=O) groups is 2. The van der Waals surface area contributed by atoms with Crippen LogP contribution in [0.5, 0.6) is 0 Å². The molecule has 19 heteroatoms. The summed E-state index contributed by atoms with van der Waals surface area (Å²) in [7, 11) is 0.699. The molecule has 0 aromatic rings. The van der Waals surface area contributed by atoms with Gasteiger partial charge in [0.2, 0.25) is 0 Å². The molecule has 0 N–H and O–H groups in total. The van der Waals surface area contributed by atoms with Crippen LogP contribution in [0.4, 0.5) is 48.3 Å². The van der Waals surface area contributed by atoms with Crippen LogP contribution in [0.25, 0.3) is 0 Å². The number of rotatable bonds is 15. The summed E-state index contributed by atoms with van der Waals surface area (Å²) in [6.45, 7) is 4.84. The van der Waals surface area contributed by atoms with Crippen LogP contribution in [-0.4, -0.2) is 61.3 Å². The normalized spacial score (nSPS) is 15.2. The molecule has 0 rings (SSSR count). The Morgan fingerprint density at radius 1 is 0.667 bits per heavy atom. The number of hydrogen-bond acceptors (Lipinski definition) is 7. The molecule has 0 radical (unpaired) electrons. The Morgan fingerprint density at radius 2 is 1.03 bits per heavy atom. The first-order chi connectivity index (χ1) is 15.8. The maximum absolute atomic E-state index is 13.9. The summed E-state index contributed by atoms with van der Waals surface area (Å²) >= 11 is 0. The Morgan fingerprint density at radius 3 is 1.44 bits per heavy atom. The largest absolute Gasteiger partial charge is 0.462 e. The lowest BCUT2D eigenvalue weighted by molar-refractivity contribution is -0.550. The molecule has 0 fully saturated rings. The van der Waals surface area contributed by atoms with Gasteiger partial charge in [-0.1, -0.05) is 22.4 Å². The summed E-state index contributed by atoms with van der Waals surface area (Å²) < 4.78 is 165. The number of carbonyl (C=O) groups excluding carboxylic acids is 2. The van der Waals surface area contributed by atoms with Crippen LogP contribution in [0.1, 0.15) is 20.3 Å². The molecule has 0 saturated heterocycles. The van der Waals surface area contributed by atoms with E-state index in [-0.39, 0.29) is 5.57 Å². The van der Waals surface area contributed by atoms with Crippen LogP contribution < -0.4 is 0 Å². The average Bonchev–Trinajstić information content (AvgIpc) is 2.62. The van der Waals surface area contributed by atoms with Gasteiger partial charge in [-0.2, -0.15) is 43.9 Å². The second-order valence-electron chi connectivity index (χ2n) is 6.82. The van der Waals surface area contributed by atoms with Crippen molar-refractivity contribution >= 4 is 21.2 Å². The predicted octanol–water partition coefficient (Wildman–Crippen LogP) is 5.13. The highest BCUT2D eigenvalue weighted by Crippen LogP contribution is 2.49. The van der Waals surface area contributed by atoms with Gasteiger partial charge < -0.3 is 9.47 Å². The van der Waals surface area contributed by atoms with Crippen molar-refractivity contribution in [2.24, 2.45) is 0 Å². The topological polar surface area (TPSA) is 80.3 Å². The maximum atomic E-state index is 13.9. The molecule has 36 heavy (non-hydrogen) atoms. The number of esters is 2. The van der Waals surface area contributed by atoms with Crippen LogP contribution in [0, 0.1) is 0 Å². The van der Waals surface area contributed by atoms with E-state index in [0.29, 0.717) is 9.24 Å². The molecule has 0 aliphatic rings. The fraction of sp³-hybridized carbons (Fsp3) is 0.647. The molecule has 0 aromatic carbocycles. The lowest BCUT2D eigenvalue weighted by atomic mass is 10.3. The summed E-state index contributed by atoms with van der Waals surface area (Å²) in [5.74, 6) is -2.71. The Balaban J connectivity index is 5.44. The molecule has 7 nitrogen and oxygen atoms in total. The zero-order valence-corrected chi connectivity index (χ0v) is 19.3. The molecule has 0 aliphatic carbocycles. The standard InChI is InChI=1S/C17H18F11O7P/c1-8(2)10(29)31-6-5-12(18,19)33-14(21,22)16(25,26)35-17(27,28)15(23,24)34-13(20,36)7-32-11(30)9(3)4/h1,3,5-7,36H2,2,4H3. The smallest absolute Gasteiger partial charge is 0.453 e. The van der Waals surface area contributed by atoms with Gasteiger partial charge in [0.25, 0.3) is 5.60 Å². The van der Waals surface area contributed by atoms with Gasteiger partial charge in [-0.05, 0) is 13.8 Å². The third-order valence-corrected chi connectivity index (χ3v) is 3.52. The first-order valence-electron chi connectivity index (χ1n) is 8.90. The van der Waals surface area contributed by atoms with Crippen molar-refractivity contribution < 1.29 is 81.6 Å². The molecule has 0 aromatic heterocycles. The highest BCUT2D eigenvalue weighted by atomic mass is 31.0. The molecule has 0 saturated carbocycles. The molecule has 0 spiro atoms. The second-order valence-corrected chi connectivity index (χ2v) is 7.68. The van der Waals surface area contributed by atoms with E-state index in [9.17, 15) is 57.9 Å². The zero-order chi connectivity index (χ0) is 29.0. The monoisotopic (exact) mass is 574 g/mol. The van der Waals surface area contributed by atoms with E-state index < -0.39 is 73.3 Å². The maximum Gasteiger partial charge on any atom is 0.453 e. The fourth-order valence-electron chi connectivity index (χ4n) is 1.55. The van der Waals surface area contributed by atoms with Crippen LogP contribution >= 0.6 is 9.24 Å². The Labute approximate surface area is 197 Å². The van der Waals surface area contributed by atoms with Crippen molar-refractivity contribution in [3.8, 4) is 0 Å². The van der Waals surface area contributed by atoms with Crippen LogP contribution in [0.15, 0.2) is 24.3 Å². The minimum Gasteiger partial charge on any atom is -0.462 e. The van der Waals surface area contributed by atoms with Gasteiger partial charge in [-0.3, -0.25) is 4.74 Å². The van der Waals surface area contributed by atoms with Gasteiger partial charge in [0.15, 0.2) is 6.61 Å². The highest BCUT2D eigenvalue weighted by Gasteiger charge is 2.73. The van der Waals surface area contributed by atoms with Crippen LogP contribution in [-0.2, 0) is 33.3 Å². The summed E-state index contributed by atoms with van der Waals surface area (Å²) in [5, 5.41) is 0. The SMILES string of the molecule is C=C(C)C(=O)OCCC(F)(F)OC(F)(F)C(F)(F)OC(F)(F)C(F)(F)OC(F)(P)COC(=O)C(=C)C. The van der Waals surface area contributed by atoms with E-state index >= 15 is 0 Å². The number of ether oxygens (including phenoxy) is 5. The molecule has 2 atom stereocenters.